The van der Waals surface area contributed by atoms with Crippen LogP contribution in [0, 0.1) is 13.8 Å². The van der Waals surface area contributed by atoms with Gasteiger partial charge >= 0.3 is 0 Å². The van der Waals surface area contributed by atoms with Crippen LogP contribution >= 0.6 is 15.9 Å². The van der Waals surface area contributed by atoms with Crippen LogP contribution in [0.2, 0.25) is 0 Å². The molecule has 0 bridgehead atoms. The zero-order valence-electron chi connectivity index (χ0n) is 11.0. The molecule has 0 radical (unpaired) electrons. The van der Waals surface area contributed by atoms with E-state index in [1.165, 1.54) is 11.1 Å². The molecule has 96 valence electrons. The van der Waals surface area contributed by atoms with Gasteiger partial charge in [-0.2, -0.15) is 0 Å². The number of carbonyl (C=O) groups is 1. The van der Waals surface area contributed by atoms with E-state index >= 15 is 0 Å². The Labute approximate surface area is 122 Å². The summed E-state index contributed by atoms with van der Waals surface area (Å²) < 4.78 is 0.930. The van der Waals surface area contributed by atoms with Crippen LogP contribution < -0.4 is 0 Å². The van der Waals surface area contributed by atoms with Gasteiger partial charge in [-0.3, -0.25) is 4.79 Å². The number of carbonyl (C=O) groups excluding carboxylic acids is 1. The standard InChI is InChI=1S/C17H15BrO/c1-12-6-5-7-13(2)16(12)10-14(11-19)15-8-3-4-9-17(15)18/h3-11H,1-2H3. The summed E-state index contributed by atoms with van der Waals surface area (Å²) in [6.07, 6.45) is 2.86. The molecule has 0 aliphatic rings. The van der Waals surface area contributed by atoms with Gasteiger partial charge in [-0.1, -0.05) is 52.3 Å². The van der Waals surface area contributed by atoms with E-state index in [1.807, 2.05) is 36.4 Å². The SMILES string of the molecule is Cc1cccc(C)c1C=C(C=O)c1ccccc1Br. The highest BCUT2D eigenvalue weighted by atomic mass is 79.9. The normalized spacial score (nSPS) is 11.4. The van der Waals surface area contributed by atoms with E-state index in [2.05, 4.69) is 41.9 Å². The molecule has 0 fully saturated rings. The largest absolute Gasteiger partial charge is 0.298 e. The molecule has 0 atom stereocenters. The third-order valence-electron chi connectivity index (χ3n) is 3.15. The number of hydrogen-bond acceptors (Lipinski definition) is 1. The first kappa shape index (κ1) is 13.8. The second kappa shape index (κ2) is 5.98. The van der Waals surface area contributed by atoms with Crippen molar-refractivity contribution in [2.24, 2.45) is 0 Å². The minimum Gasteiger partial charge on any atom is -0.298 e. The van der Waals surface area contributed by atoms with Gasteiger partial charge in [0.25, 0.3) is 0 Å². The summed E-state index contributed by atoms with van der Waals surface area (Å²) in [4.78, 5) is 11.4. The molecule has 2 aromatic rings. The van der Waals surface area contributed by atoms with Gasteiger partial charge in [-0.05, 0) is 48.2 Å². The van der Waals surface area contributed by atoms with E-state index < -0.39 is 0 Å². The maximum Gasteiger partial charge on any atom is 0.150 e. The first-order valence-electron chi connectivity index (χ1n) is 6.11. The number of benzene rings is 2. The van der Waals surface area contributed by atoms with Gasteiger partial charge in [0.05, 0.1) is 0 Å². The summed E-state index contributed by atoms with van der Waals surface area (Å²) in [5.41, 5.74) is 5.06. The Morgan fingerprint density at radius 3 is 2.21 bits per heavy atom. The Bertz CT molecular complexity index is 621. The van der Waals surface area contributed by atoms with Crippen molar-refractivity contribution >= 4 is 33.9 Å². The van der Waals surface area contributed by atoms with Crippen molar-refractivity contribution in [3.8, 4) is 0 Å². The highest BCUT2D eigenvalue weighted by Crippen LogP contribution is 2.26. The second-order valence-electron chi connectivity index (χ2n) is 4.50. The van der Waals surface area contributed by atoms with Crippen molar-refractivity contribution in [1.82, 2.24) is 0 Å². The molecule has 2 aromatic carbocycles. The van der Waals surface area contributed by atoms with Crippen LogP contribution in [-0.4, -0.2) is 6.29 Å². The fraction of sp³-hybridized carbons (Fsp3) is 0.118. The van der Waals surface area contributed by atoms with E-state index in [4.69, 9.17) is 0 Å². The molecule has 0 unspecified atom stereocenters. The molecule has 0 aromatic heterocycles. The molecule has 0 amide bonds. The van der Waals surface area contributed by atoms with E-state index in [-0.39, 0.29) is 0 Å². The van der Waals surface area contributed by atoms with Crippen LogP contribution in [0.5, 0.6) is 0 Å². The predicted octanol–water partition coefficient (Wildman–Crippen LogP) is 4.81. The summed E-state index contributed by atoms with van der Waals surface area (Å²) >= 11 is 3.49. The Morgan fingerprint density at radius 2 is 1.63 bits per heavy atom. The van der Waals surface area contributed by atoms with Crippen molar-refractivity contribution in [2.75, 3.05) is 0 Å². The number of allylic oxidation sites excluding steroid dienone is 1. The topological polar surface area (TPSA) is 17.1 Å². The summed E-state index contributed by atoms with van der Waals surface area (Å²) in [7, 11) is 0. The summed E-state index contributed by atoms with van der Waals surface area (Å²) in [5.74, 6) is 0. The Kier molecular flexibility index (Phi) is 4.33. The fourth-order valence-corrected chi connectivity index (χ4v) is 2.59. The molecule has 0 heterocycles. The zero-order chi connectivity index (χ0) is 13.8. The lowest BCUT2D eigenvalue weighted by Gasteiger charge is -2.08. The van der Waals surface area contributed by atoms with E-state index in [1.54, 1.807) is 0 Å². The van der Waals surface area contributed by atoms with Gasteiger partial charge in [0.1, 0.15) is 0 Å². The van der Waals surface area contributed by atoms with Crippen molar-refractivity contribution in [3.05, 3.63) is 69.2 Å². The lowest BCUT2D eigenvalue weighted by molar-refractivity contribution is -0.103. The summed E-state index contributed by atoms with van der Waals surface area (Å²) in [6, 6.07) is 13.9. The smallest absolute Gasteiger partial charge is 0.150 e. The lowest BCUT2D eigenvalue weighted by atomic mass is 9.98. The molecule has 0 saturated heterocycles. The number of hydrogen-bond donors (Lipinski definition) is 0. The Hall–Kier alpha value is -1.67. The maximum atomic E-state index is 11.4. The highest BCUT2D eigenvalue weighted by Gasteiger charge is 2.07. The molecule has 0 aliphatic heterocycles. The third kappa shape index (κ3) is 3.02. The maximum absolute atomic E-state index is 11.4. The molecule has 2 heteroatoms. The van der Waals surface area contributed by atoms with Gasteiger partial charge in [-0.15, -0.1) is 0 Å². The monoisotopic (exact) mass is 314 g/mol. The molecule has 1 nitrogen and oxygen atoms in total. The predicted molar refractivity (Wildman–Crippen MR) is 84.0 cm³/mol. The fourth-order valence-electron chi connectivity index (χ4n) is 2.08. The van der Waals surface area contributed by atoms with Crippen LogP contribution in [0.25, 0.3) is 11.6 Å². The van der Waals surface area contributed by atoms with Crippen LogP contribution in [0.15, 0.2) is 46.9 Å². The highest BCUT2D eigenvalue weighted by molar-refractivity contribution is 9.10. The first-order chi connectivity index (χ1) is 9.13. The van der Waals surface area contributed by atoms with Crippen LogP contribution in [0.1, 0.15) is 22.3 Å². The average molecular weight is 315 g/mol. The van der Waals surface area contributed by atoms with Gasteiger partial charge in [-0.25, -0.2) is 0 Å². The van der Waals surface area contributed by atoms with Crippen LogP contribution in [0.3, 0.4) is 0 Å². The van der Waals surface area contributed by atoms with Gasteiger partial charge in [0.2, 0.25) is 0 Å². The molecule has 0 aliphatic carbocycles. The van der Waals surface area contributed by atoms with Crippen LogP contribution in [0.4, 0.5) is 0 Å². The van der Waals surface area contributed by atoms with Gasteiger partial charge in [0.15, 0.2) is 6.29 Å². The quantitative estimate of drug-likeness (QED) is 0.451. The zero-order valence-corrected chi connectivity index (χ0v) is 12.6. The van der Waals surface area contributed by atoms with E-state index in [0.717, 1.165) is 21.9 Å². The average Bonchev–Trinajstić information content (AvgIpc) is 2.40. The van der Waals surface area contributed by atoms with Crippen molar-refractivity contribution in [3.63, 3.8) is 0 Å². The number of rotatable bonds is 3. The first-order valence-corrected chi connectivity index (χ1v) is 6.91. The number of aldehydes is 1. The van der Waals surface area contributed by atoms with Crippen molar-refractivity contribution < 1.29 is 4.79 Å². The molecule has 0 N–H and O–H groups in total. The molecule has 2 rings (SSSR count). The summed E-state index contributed by atoms with van der Waals surface area (Å²) in [5, 5.41) is 0. The number of halogens is 1. The minimum atomic E-state index is 0.685. The Morgan fingerprint density at radius 1 is 1.00 bits per heavy atom. The lowest BCUT2D eigenvalue weighted by Crippen LogP contribution is -1.91. The van der Waals surface area contributed by atoms with Crippen LogP contribution in [-0.2, 0) is 4.79 Å². The third-order valence-corrected chi connectivity index (χ3v) is 3.85. The Balaban J connectivity index is 2.57. The number of aryl methyl sites for hydroxylation is 2. The second-order valence-corrected chi connectivity index (χ2v) is 5.36. The minimum absolute atomic E-state index is 0.685. The van der Waals surface area contributed by atoms with Gasteiger partial charge < -0.3 is 0 Å². The molecule has 0 saturated carbocycles. The molecular weight excluding hydrogens is 300 g/mol. The molecule has 0 spiro atoms. The van der Waals surface area contributed by atoms with E-state index in [0.29, 0.717) is 5.57 Å². The van der Waals surface area contributed by atoms with Crippen molar-refractivity contribution in [2.45, 2.75) is 13.8 Å². The summed E-state index contributed by atoms with van der Waals surface area (Å²) in [6.45, 7) is 4.11. The van der Waals surface area contributed by atoms with Crippen molar-refractivity contribution in [1.29, 1.82) is 0 Å². The molecular formula is C17H15BrO. The molecule has 19 heavy (non-hydrogen) atoms. The van der Waals surface area contributed by atoms with Gasteiger partial charge in [0, 0.05) is 10.0 Å². The van der Waals surface area contributed by atoms with E-state index in [9.17, 15) is 4.79 Å².